The van der Waals surface area contributed by atoms with Crippen LogP contribution >= 0.6 is 0 Å². The number of aromatic nitrogens is 2. The van der Waals surface area contributed by atoms with Gasteiger partial charge in [-0.2, -0.15) is 4.98 Å². The highest BCUT2D eigenvalue weighted by Gasteiger charge is 2.24. The van der Waals surface area contributed by atoms with Crippen LogP contribution in [0.15, 0.2) is 59.3 Å². The summed E-state index contributed by atoms with van der Waals surface area (Å²) in [5, 5.41) is 3.26. The molecular weight excluding hydrogens is 370 g/mol. The van der Waals surface area contributed by atoms with Gasteiger partial charge in [0.05, 0.1) is 13.4 Å². The molecule has 8 heteroatoms. The van der Waals surface area contributed by atoms with E-state index in [9.17, 15) is 4.79 Å². The van der Waals surface area contributed by atoms with E-state index >= 15 is 0 Å². The predicted molar refractivity (Wildman–Crippen MR) is 109 cm³/mol. The Morgan fingerprint density at radius 2 is 1.93 bits per heavy atom. The Hall–Kier alpha value is -3.55. The standard InChI is InChI=1S/C21H23N5O3/c1-28-17-6-4-16(5-7-17)15-23-21-22-9-8-19(24-21)25-10-12-26(13-11-25)20(27)18-3-2-14-29-18/h2-9,14H,10-13,15H2,1H3,(H,22,23,24). The van der Waals surface area contributed by atoms with Crippen molar-refractivity contribution in [2.45, 2.75) is 6.54 Å². The number of benzene rings is 1. The van der Waals surface area contributed by atoms with Crippen molar-refractivity contribution in [3.05, 3.63) is 66.2 Å². The highest BCUT2D eigenvalue weighted by atomic mass is 16.5. The molecule has 8 nitrogen and oxygen atoms in total. The molecule has 1 fully saturated rings. The summed E-state index contributed by atoms with van der Waals surface area (Å²) in [5.74, 6) is 2.57. The first-order valence-electron chi connectivity index (χ1n) is 9.50. The van der Waals surface area contributed by atoms with Crippen LogP contribution in [-0.2, 0) is 6.54 Å². The molecular formula is C21H23N5O3. The second-order valence-corrected chi connectivity index (χ2v) is 6.70. The Labute approximate surface area is 169 Å². The van der Waals surface area contributed by atoms with E-state index in [0.29, 0.717) is 44.4 Å². The maximum absolute atomic E-state index is 12.4. The molecule has 0 bridgehead atoms. The Morgan fingerprint density at radius 1 is 1.14 bits per heavy atom. The predicted octanol–water partition coefficient (Wildman–Crippen LogP) is 2.65. The van der Waals surface area contributed by atoms with Gasteiger partial charge in [0.25, 0.3) is 5.91 Å². The summed E-state index contributed by atoms with van der Waals surface area (Å²) in [6.45, 7) is 3.29. The van der Waals surface area contributed by atoms with Crippen LogP contribution in [0.4, 0.5) is 11.8 Å². The van der Waals surface area contributed by atoms with Gasteiger partial charge in [-0.15, -0.1) is 0 Å². The van der Waals surface area contributed by atoms with Crippen LogP contribution in [-0.4, -0.2) is 54.1 Å². The van der Waals surface area contributed by atoms with Gasteiger partial charge in [0, 0.05) is 38.9 Å². The van der Waals surface area contributed by atoms with E-state index in [-0.39, 0.29) is 5.91 Å². The van der Waals surface area contributed by atoms with Gasteiger partial charge in [0.2, 0.25) is 5.95 Å². The van der Waals surface area contributed by atoms with Gasteiger partial charge >= 0.3 is 0 Å². The number of nitrogens with zero attached hydrogens (tertiary/aromatic N) is 4. The fourth-order valence-electron chi connectivity index (χ4n) is 3.23. The number of methoxy groups -OCH3 is 1. The number of carbonyl (C=O) groups is 1. The van der Waals surface area contributed by atoms with Crippen molar-refractivity contribution in [2.75, 3.05) is 43.5 Å². The molecule has 0 saturated carbocycles. The van der Waals surface area contributed by atoms with Crippen molar-refractivity contribution in [1.29, 1.82) is 0 Å². The zero-order valence-corrected chi connectivity index (χ0v) is 16.2. The lowest BCUT2D eigenvalue weighted by molar-refractivity contribution is 0.0714. The van der Waals surface area contributed by atoms with Gasteiger partial charge in [-0.1, -0.05) is 12.1 Å². The van der Waals surface area contributed by atoms with Gasteiger partial charge in [0.1, 0.15) is 11.6 Å². The molecule has 0 unspecified atom stereocenters. The number of piperazine rings is 1. The van der Waals surface area contributed by atoms with Gasteiger partial charge in [0.15, 0.2) is 5.76 Å². The van der Waals surface area contributed by atoms with Crippen molar-refractivity contribution < 1.29 is 13.9 Å². The van der Waals surface area contributed by atoms with Crippen molar-refractivity contribution >= 4 is 17.7 Å². The maximum Gasteiger partial charge on any atom is 0.289 e. The molecule has 0 radical (unpaired) electrons. The summed E-state index contributed by atoms with van der Waals surface area (Å²) in [4.78, 5) is 25.3. The van der Waals surface area contributed by atoms with E-state index < -0.39 is 0 Å². The van der Waals surface area contributed by atoms with Gasteiger partial charge in [-0.05, 0) is 35.9 Å². The zero-order chi connectivity index (χ0) is 20.1. The number of nitrogens with one attached hydrogen (secondary N) is 1. The Morgan fingerprint density at radius 3 is 2.62 bits per heavy atom. The van der Waals surface area contributed by atoms with Crippen molar-refractivity contribution in [3.8, 4) is 5.75 Å². The van der Waals surface area contributed by atoms with Crippen molar-refractivity contribution in [1.82, 2.24) is 14.9 Å². The molecule has 2 aromatic heterocycles. The fraction of sp³-hybridized carbons (Fsp3) is 0.286. The van der Waals surface area contributed by atoms with Gasteiger partial charge in [-0.25, -0.2) is 4.98 Å². The summed E-state index contributed by atoms with van der Waals surface area (Å²) in [7, 11) is 1.65. The molecule has 1 aromatic carbocycles. The minimum Gasteiger partial charge on any atom is -0.497 e. The molecule has 29 heavy (non-hydrogen) atoms. The second kappa shape index (κ2) is 8.64. The van der Waals surface area contributed by atoms with E-state index in [4.69, 9.17) is 9.15 Å². The summed E-state index contributed by atoms with van der Waals surface area (Å²) in [6, 6.07) is 13.2. The van der Waals surface area contributed by atoms with Crippen molar-refractivity contribution in [3.63, 3.8) is 0 Å². The van der Waals surface area contributed by atoms with Crippen LogP contribution in [0.5, 0.6) is 5.75 Å². The maximum atomic E-state index is 12.4. The normalized spacial score (nSPS) is 14.0. The number of hydrogen-bond donors (Lipinski definition) is 1. The molecule has 1 N–H and O–H groups in total. The smallest absolute Gasteiger partial charge is 0.289 e. The molecule has 3 aromatic rings. The molecule has 0 aliphatic carbocycles. The third-order valence-corrected chi connectivity index (χ3v) is 4.87. The van der Waals surface area contributed by atoms with E-state index in [1.807, 2.05) is 30.3 Å². The molecule has 0 atom stereocenters. The lowest BCUT2D eigenvalue weighted by Gasteiger charge is -2.35. The number of rotatable bonds is 6. The van der Waals surface area contributed by atoms with Crippen LogP contribution in [0.3, 0.4) is 0 Å². The Kier molecular flexibility index (Phi) is 5.60. The summed E-state index contributed by atoms with van der Waals surface area (Å²) in [6.07, 6.45) is 3.27. The molecule has 150 valence electrons. The van der Waals surface area contributed by atoms with Crippen LogP contribution < -0.4 is 15.0 Å². The van der Waals surface area contributed by atoms with Gasteiger partial charge in [-0.3, -0.25) is 4.79 Å². The minimum absolute atomic E-state index is 0.0702. The van der Waals surface area contributed by atoms with Crippen LogP contribution in [0.1, 0.15) is 16.1 Å². The Bertz CT molecular complexity index is 935. The first-order valence-corrected chi connectivity index (χ1v) is 9.50. The number of ether oxygens (including phenoxy) is 1. The zero-order valence-electron chi connectivity index (χ0n) is 16.2. The van der Waals surface area contributed by atoms with Crippen LogP contribution in [0.25, 0.3) is 0 Å². The Balaban J connectivity index is 1.33. The third kappa shape index (κ3) is 4.48. The topological polar surface area (TPSA) is 83.7 Å². The number of furan rings is 1. The number of hydrogen-bond acceptors (Lipinski definition) is 7. The van der Waals surface area contributed by atoms with Gasteiger partial charge < -0.3 is 24.3 Å². The van der Waals surface area contributed by atoms with Crippen LogP contribution in [0.2, 0.25) is 0 Å². The van der Waals surface area contributed by atoms with E-state index in [1.54, 1.807) is 30.3 Å². The lowest BCUT2D eigenvalue weighted by atomic mass is 10.2. The van der Waals surface area contributed by atoms with Crippen molar-refractivity contribution in [2.24, 2.45) is 0 Å². The summed E-state index contributed by atoms with van der Waals surface area (Å²) >= 11 is 0. The molecule has 3 heterocycles. The highest BCUT2D eigenvalue weighted by molar-refractivity contribution is 5.91. The largest absolute Gasteiger partial charge is 0.497 e. The first-order chi connectivity index (χ1) is 14.2. The second-order valence-electron chi connectivity index (χ2n) is 6.70. The van der Waals surface area contributed by atoms with E-state index in [2.05, 4.69) is 20.2 Å². The molecule has 1 amide bonds. The minimum atomic E-state index is -0.0702. The monoisotopic (exact) mass is 393 g/mol. The number of carbonyl (C=O) groups excluding carboxylic acids is 1. The summed E-state index contributed by atoms with van der Waals surface area (Å²) < 4.78 is 10.4. The molecule has 1 aliphatic heterocycles. The SMILES string of the molecule is COc1ccc(CNc2nccc(N3CCN(C(=O)c4ccco4)CC3)n2)cc1. The quantitative estimate of drug-likeness (QED) is 0.689. The third-order valence-electron chi connectivity index (χ3n) is 4.87. The van der Waals surface area contributed by atoms with E-state index in [1.165, 1.54) is 6.26 Å². The summed E-state index contributed by atoms with van der Waals surface area (Å²) in [5.41, 5.74) is 1.12. The number of amides is 1. The van der Waals surface area contributed by atoms with E-state index in [0.717, 1.165) is 17.1 Å². The molecule has 1 aliphatic rings. The fourth-order valence-corrected chi connectivity index (χ4v) is 3.23. The molecule has 4 rings (SSSR count). The first kappa shape index (κ1) is 18.8. The average molecular weight is 393 g/mol. The molecule has 1 saturated heterocycles. The number of anilines is 2. The van der Waals surface area contributed by atoms with Crippen LogP contribution in [0, 0.1) is 0 Å². The highest BCUT2D eigenvalue weighted by Crippen LogP contribution is 2.17. The molecule has 0 spiro atoms. The lowest BCUT2D eigenvalue weighted by Crippen LogP contribution is -2.49. The average Bonchev–Trinajstić information content (AvgIpc) is 3.33.